The number of likely N-dealkylation sites (tertiary alicyclic amines) is 1. The molecule has 3 rings (SSSR count). The number of nitrogens with zero attached hydrogens (tertiary/aromatic N) is 2. The standard InChI is InChI=1S/C31H60N4O4Si2/c1-21-18-34(20-24(33-28(36)37-29(2,3)4)27(21)38-40(11,12)30(5,6)7)26-22-16-15-17-25(22)35(19-23(26)32)39-41(13,14)31(8,9)10/h21,24,27H,15-20,32H2,1-14H3,(H,33,36)/t21-,24+,27+/m0/s1. The highest BCUT2D eigenvalue weighted by Gasteiger charge is 2.47. The van der Waals surface area contributed by atoms with Crippen LogP contribution in [-0.2, 0) is 13.7 Å². The molecule has 3 aliphatic rings. The molecule has 8 nitrogen and oxygen atoms in total. The van der Waals surface area contributed by atoms with Crippen LogP contribution in [0.1, 0.15) is 88.5 Å². The summed E-state index contributed by atoms with van der Waals surface area (Å²) in [7, 11) is -4.12. The van der Waals surface area contributed by atoms with Crippen LogP contribution in [0.4, 0.5) is 4.79 Å². The molecule has 1 amide bonds. The first-order chi connectivity index (χ1) is 18.4. The molecule has 0 unspecified atom stereocenters. The fourth-order valence-electron chi connectivity index (χ4n) is 5.42. The van der Waals surface area contributed by atoms with Crippen molar-refractivity contribution in [1.29, 1.82) is 0 Å². The van der Waals surface area contributed by atoms with Crippen molar-refractivity contribution >= 4 is 22.7 Å². The second kappa shape index (κ2) is 11.5. The van der Waals surface area contributed by atoms with Crippen LogP contribution in [0, 0.1) is 5.92 Å². The Morgan fingerprint density at radius 2 is 1.51 bits per heavy atom. The molecular weight excluding hydrogens is 549 g/mol. The molecule has 2 heterocycles. The van der Waals surface area contributed by atoms with E-state index >= 15 is 0 Å². The summed E-state index contributed by atoms with van der Waals surface area (Å²) in [4.78, 5) is 15.5. The number of carbonyl (C=O) groups excluding carboxylic acids is 1. The first-order valence-electron chi connectivity index (χ1n) is 15.5. The smallest absolute Gasteiger partial charge is 0.408 e. The summed E-state index contributed by atoms with van der Waals surface area (Å²) in [5.41, 5.74) is 10.9. The third-order valence-electron chi connectivity index (χ3n) is 9.68. The number of hydrogen-bond donors (Lipinski definition) is 2. The Bertz CT molecular complexity index is 1050. The minimum Gasteiger partial charge on any atom is -0.444 e. The average Bonchev–Trinajstić information content (AvgIpc) is 3.22. The number of alkyl carbamates (subject to hydrolysis) is 1. The third kappa shape index (κ3) is 7.72. The zero-order chi connectivity index (χ0) is 31.3. The van der Waals surface area contributed by atoms with Crippen LogP contribution in [0.5, 0.6) is 0 Å². The van der Waals surface area contributed by atoms with Gasteiger partial charge >= 0.3 is 6.09 Å². The van der Waals surface area contributed by atoms with Crippen molar-refractivity contribution in [1.82, 2.24) is 15.3 Å². The van der Waals surface area contributed by atoms with E-state index in [9.17, 15) is 4.79 Å². The van der Waals surface area contributed by atoms with Gasteiger partial charge in [0.15, 0.2) is 8.32 Å². The number of hydrogen-bond acceptors (Lipinski definition) is 7. The predicted molar refractivity (Wildman–Crippen MR) is 173 cm³/mol. The van der Waals surface area contributed by atoms with Crippen LogP contribution < -0.4 is 11.1 Å². The molecule has 10 heteroatoms. The summed E-state index contributed by atoms with van der Waals surface area (Å²) in [5.74, 6) is 0.185. The van der Waals surface area contributed by atoms with Gasteiger partial charge in [0.2, 0.25) is 8.32 Å². The summed E-state index contributed by atoms with van der Waals surface area (Å²) < 4.78 is 19.5. The molecular formula is C31H60N4O4Si2. The van der Waals surface area contributed by atoms with E-state index in [1.807, 2.05) is 20.8 Å². The van der Waals surface area contributed by atoms with Gasteiger partial charge in [0, 0.05) is 24.7 Å². The number of carbonyl (C=O) groups is 1. The Morgan fingerprint density at radius 3 is 2.05 bits per heavy atom. The Balaban J connectivity index is 1.93. The highest BCUT2D eigenvalue weighted by molar-refractivity contribution is 6.74. The molecule has 2 aliphatic heterocycles. The van der Waals surface area contributed by atoms with Crippen LogP contribution in [0.25, 0.3) is 0 Å². The summed E-state index contributed by atoms with van der Waals surface area (Å²) in [5, 5.41) is 5.50. The molecule has 1 fully saturated rings. The number of nitrogens with two attached hydrogens (primary N) is 1. The number of allylic oxidation sites excluding steroid dienone is 2. The molecule has 1 saturated heterocycles. The number of nitrogens with one attached hydrogen (secondary N) is 1. The van der Waals surface area contributed by atoms with E-state index in [0.717, 1.165) is 37.2 Å². The van der Waals surface area contributed by atoms with Crippen molar-refractivity contribution in [2.45, 2.75) is 143 Å². The molecule has 0 aromatic heterocycles. The fraction of sp³-hybridized carbons (Fsp3) is 0.839. The number of rotatable bonds is 6. The lowest BCUT2D eigenvalue weighted by Crippen LogP contribution is -2.62. The summed E-state index contributed by atoms with van der Waals surface area (Å²) in [6.45, 7) is 32.7. The highest BCUT2D eigenvalue weighted by Crippen LogP contribution is 2.45. The van der Waals surface area contributed by atoms with Crippen LogP contribution in [0.3, 0.4) is 0 Å². The van der Waals surface area contributed by atoms with Gasteiger partial charge in [-0.05, 0) is 81.9 Å². The summed E-state index contributed by atoms with van der Waals surface area (Å²) in [6.07, 6.45) is 2.57. The van der Waals surface area contributed by atoms with Gasteiger partial charge < -0.3 is 29.6 Å². The second-order valence-corrected chi connectivity index (χ2v) is 26.0. The van der Waals surface area contributed by atoms with Crippen molar-refractivity contribution in [2.24, 2.45) is 11.7 Å². The van der Waals surface area contributed by atoms with Crippen LogP contribution >= 0.6 is 0 Å². The first kappa shape index (κ1) is 34.0. The van der Waals surface area contributed by atoms with E-state index in [-0.39, 0.29) is 28.1 Å². The Kier molecular flexibility index (Phi) is 9.57. The summed E-state index contributed by atoms with van der Waals surface area (Å²) >= 11 is 0. The molecule has 236 valence electrons. The zero-order valence-electron chi connectivity index (χ0n) is 28.6. The second-order valence-electron chi connectivity index (χ2n) is 16.5. The quantitative estimate of drug-likeness (QED) is 0.311. The molecule has 0 bridgehead atoms. The predicted octanol–water partition coefficient (Wildman–Crippen LogP) is 7.08. The van der Waals surface area contributed by atoms with Gasteiger partial charge in [0.1, 0.15) is 5.60 Å². The van der Waals surface area contributed by atoms with Gasteiger partial charge in [0.05, 0.1) is 30.1 Å². The Labute approximate surface area is 252 Å². The highest BCUT2D eigenvalue weighted by atomic mass is 28.4. The first-order valence-corrected chi connectivity index (χ1v) is 21.3. The average molecular weight is 609 g/mol. The molecule has 0 aromatic carbocycles. The molecule has 41 heavy (non-hydrogen) atoms. The van der Waals surface area contributed by atoms with Gasteiger partial charge in [-0.15, -0.1) is 0 Å². The molecule has 0 saturated carbocycles. The Hall–Kier alpha value is -1.50. The molecule has 1 aliphatic carbocycles. The zero-order valence-corrected chi connectivity index (χ0v) is 30.6. The van der Waals surface area contributed by atoms with Crippen LogP contribution in [0.2, 0.25) is 36.3 Å². The van der Waals surface area contributed by atoms with Gasteiger partial charge in [0.25, 0.3) is 0 Å². The number of piperidine rings is 1. The van der Waals surface area contributed by atoms with Crippen LogP contribution in [-0.4, -0.2) is 70.1 Å². The lowest BCUT2D eigenvalue weighted by molar-refractivity contribution is -0.0367. The van der Waals surface area contributed by atoms with E-state index in [0.29, 0.717) is 13.1 Å². The van der Waals surface area contributed by atoms with Crippen molar-refractivity contribution in [3.05, 3.63) is 22.7 Å². The van der Waals surface area contributed by atoms with E-state index in [4.69, 9.17) is 19.4 Å². The van der Waals surface area contributed by atoms with Gasteiger partial charge in [-0.25, -0.2) is 4.79 Å². The van der Waals surface area contributed by atoms with E-state index < -0.39 is 28.3 Å². The third-order valence-corrected chi connectivity index (χ3v) is 18.4. The summed E-state index contributed by atoms with van der Waals surface area (Å²) in [6, 6.07) is -0.227. The molecule has 3 N–H and O–H groups in total. The van der Waals surface area contributed by atoms with E-state index in [2.05, 4.69) is 89.9 Å². The molecule has 0 spiro atoms. The fourth-order valence-corrected chi connectivity index (χ4v) is 7.85. The minimum absolute atomic E-state index is 0.0633. The lowest BCUT2D eigenvalue weighted by Gasteiger charge is -2.50. The largest absolute Gasteiger partial charge is 0.444 e. The lowest BCUT2D eigenvalue weighted by atomic mass is 9.90. The number of amides is 1. The molecule has 0 radical (unpaired) electrons. The maximum Gasteiger partial charge on any atom is 0.408 e. The minimum atomic E-state index is -2.09. The van der Waals surface area contributed by atoms with Gasteiger partial charge in [-0.3, -0.25) is 5.06 Å². The normalized spacial score (nSPS) is 25.1. The van der Waals surface area contributed by atoms with Crippen molar-refractivity contribution in [3.8, 4) is 0 Å². The SMILES string of the molecule is C[C@H]1CN(C2=C(N)CN(O[Si](C)(C)C(C)(C)C)C3=C2CCC3)C[C@@H](NC(=O)OC(C)(C)C)[C@@H]1O[Si](C)(C)C(C)(C)C. The van der Waals surface area contributed by atoms with Crippen molar-refractivity contribution in [2.75, 3.05) is 19.6 Å². The van der Waals surface area contributed by atoms with Crippen molar-refractivity contribution < 1.29 is 18.5 Å². The topological polar surface area (TPSA) is 89.3 Å². The van der Waals surface area contributed by atoms with E-state index in [1.165, 1.54) is 11.3 Å². The Morgan fingerprint density at radius 1 is 0.927 bits per heavy atom. The monoisotopic (exact) mass is 608 g/mol. The van der Waals surface area contributed by atoms with E-state index in [1.54, 1.807) is 0 Å². The van der Waals surface area contributed by atoms with Gasteiger partial charge in [-0.2, -0.15) is 0 Å². The maximum atomic E-state index is 13.1. The maximum absolute atomic E-state index is 13.1. The molecule has 3 atom stereocenters. The van der Waals surface area contributed by atoms with Crippen molar-refractivity contribution in [3.63, 3.8) is 0 Å². The number of ether oxygens (including phenoxy) is 1. The molecule has 0 aromatic rings. The van der Waals surface area contributed by atoms with Crippen LogP contribution in [0.15, 0.2) is 22.7 Å². The number of hydroxylamine groups is 2. The van der Waals surface area contributed by atoms with Gasteiger partial charge in [-0.1, -0.05) is 48.5 Å².